The van der Waals surface area contributed by atoms with Crippen LogP contribution in [0.25, 0.3) is 0 Å². The van der Waals surface area contributed by atoms with E-state index in [1.54, 1.807) is 6.39 Å². The van der Waals surface area contributed by atoms with Gasteiger partial charge >= 0.3 is 0 Å². The van der Waals surface area contributed by atoms with Gasteiger partial charge in [0.25, 0.3) is 0 Å². The Morgan fingerprint density at radius 3 is 2.44 bits per heavy atom. The van der Waals surface area contributed by atoms with E-state index in [1.807, 2.05) is 0 Å². The summed E-state index contributed by atoms with van der Waals surface area (Å²) in [5.41, 5.74) is 2.13. The average molecular weight is 371 g/mol. The highest BCUT2D eigenvalue weighted by atomic mass is 16.3. The lowest BCUT2D eigenvalue weighted by molar-refractivity contribution is 0.245. The molecule has 2 aromatic heterocycles. The minimum Gasteiger partial charge on any atom is -0.448 e. The van der Waals surface area contributed by atoms with E-state index in [-0.39, 0.29) is 0 Å². The SMILES string of the molecule is Cc1cc(N2CCN(Cc3ncoc3C(C)C)CC2)nc(N2CCCC2)n1. The van der Waals surface area contributed by atoms with Crippen molar-refractivity contribution in [2.45, 2.75) is 46.1 Å². The molecule has 0 amide bonds. The minimum absolute atomic E-state index is 0.372. The van der Waals surface area contributed by atoms with Crippen LogP contribution in [0.5, 0.6) is 0 Å². The molecule has 0 N–H and O–H groups in total. The third kappa shape index (κ3) is 4.08. The molecule has 4 rings (SSSR count). The maximum Gasteiger partial charge on any atom is 0.227 e. The van der Waals surface area contributed by atoms with Crippen molar-refractivity contribution in [1.82, 2.24) is 19.9 Å². The van der Waals surface area contributed by atoms with E-state index in [0.717, 1.165) is 74.7 Å². The monoisotopic (exact) mass is 370 g/mol. The minimum atomic E-state index is 0.372. The van der Waals surface area contributed by atoms with Crippen molar-refractivity contribution in [3.63, 3.8) is 0 Å². The number of oxazole rings is 1. The van der Waals surface area contributed by atoms with Crippen molar-refractivity contribution in [2.24, 2.45) is 0 Å². The summed E-state index contributed by atoms with van der Waals surface area (Å²) in [6.45, 7) is 13.3. The molecule has 0 unspecified atom stereocenters. The molecular weight excluding hydrogens is 340 g/mol. The Morgan fingerprint density at radius 1 is 1.00 bits per heavy atom. The van der Waals surface area contributed by atoms with Gasteiger partial charge in [0.2, 0.25) is 5.95 Å². The number of hydrogen-bond acceptors (Lipinski definition) is 7. The van der Waals surface area contributed by atoms with Gasteiger partial charge in [0, 0.05) is 63.5 Å². The van der Waals surface area contributed by atoms with Crippen molar-refractivity contribution in [1.29, 1.82) is 0 Å². The van der Waals surface area contributed by atoms with Crippen LogP contribution in [0.4, 0.5) is 11.8 Å². The molecular formula is C20H30N6O. The predicted octanol–water partition coefficient (Wildman–Crippen LogP) is 2.82. The maximum absolute atomic E-state index is 5.56. The second-order valence-electron chi connectivity index (χ2n) is 7.94. The van der Waals surface area contributed by atoms with Crippen LogP contribution in [-0.4, -0.2) is 59.1 Å². The van der Waals surface area contributed by atoms with Gasteiger partial charge in [-0.1, -0.05) is 13.8 Å². The van der Waals surface area contributed by atoms with Crippen LogP contribution in [0, 0.1) is 6.92 Å². The highest BCUT2D eigenvalue weighted by molar-refractivity contribution is 5.46. The van der Waals surface area contributed by atoms with Gasteiger partial charge in [-0.2, -0.15) is 4.98 Å². The average Bonchev–Trinajstić information content (AvgIpc) is 3.34. The summed E-state index contributed by atoms with van der Waals surface area (Å²) in [6.07, 6.45) is 4.06. The third-order valence-corrected chi connectivity index (χ3v) is 5.48. The summed E-state index contributed by atoms with van der Waals surface area (Å²) in [5, 5.41) is 0. The van der Waals surface area contributed by atoms with Gasteiger partial charge in [-0.3, -0.25) is 4.90 Å². The van der Waals surface area contributed by atoms with E-state index in [4.69, 9.17) is 9.40 Å². The number of nitrogens with zero attached hydrogens (tertiary/aromatic N) is 6. The second-order valence-corrected chi connectivity index (χ2v) is 7.94. The van der Waals surface area contributed by atoms with Crippen LogP contribution >= 0.6 is 0 Å². The molecule has 146 valence electrons. The number of rotatable bonds is 5. The van der Waals surface area contributed by atoms with Crippen molar-refractivity contribution in [3.05, 3.63) is 29.6 Å². The van der Waals surface area contributed by atoms with Gasteiger partial charge in [-0.05, 0) is 19.8 Å². The summed E-state index contributed by atoms with van der Waals surface area (Å²) in [4.78, 5) is 21.1. The first-order chi connectivity index (χ1) is 13.1. The first-order valence-electron chi connectivity index (χ1n) is 10.1. The van der Waals surface area contributed by atoms with Gasteiger partial charge in [-0.15, -0.1) is 0 Å². The molecule has 0 radical (unpaired) electrons. The normalized spacial score (nSPS) is 18.7. The van der Waals surface area contributed by atoms with E-state index in [0.29, 0.717) is 5.92 Å². The van der Waals surface area contributed by atoms with Gasteiger partial charge in [-0.25, -0.2) is 9.97 Å². The lowest BCUT2D eigenvalue weighted by Crippen LogP contribution is -2.46. The van der Waals surface area contributed by atoms with Crippen LogP contribution in [-0.2, 0) is 6.54 Å². The zero-order valence-corrected chi connectivity index (χ0v) is 16.7. The first kappa shape index (κ1) is 18.2. The van der Waals surface area contributed by atoms with E-state index >= 15 is 0 Å². The number of anilines is 2. The van der Waals surface area contributed by atoms with Crippen molar-refractivity contribution < 1.29 is 4.42 Å². The van der Waals surface area contributed by atoms with Gasteiger partial charge < -0.3 is 14.2 Å². The summed E-state index contributed by atoms with van der Waals surface area (Å²) in [6, 6.07) is 2.11. The van der Waals surface area contributed by atoms with Crippen LogP contribution in [0.15, 0.2) is 16.9 Å². The summed E-state index contributed by atoms with van der Waals surface area (Å²) >= 11 is 0. The molecule has 7 heteroatoms. The fourth-order valence-electron chi connectivity index (χ4n) is 3.97. The summed E-state index contributed by atoms with van der Waals surface area (Å²) < 4.78 is 5.56. The first-order valence-corrected chi connectivity index (χ1v) is 10.1. The molecule has 2 aliphatic heterocycles. The molecule has 0 spiro atoms. The lowest BCUT2D eigenvalue weighted by Gasteiger charge is -2.35. The molecule has 27 heavy (non-hydrogen) atoms. The number of hydrogen-bond donors (Lipinski definition) is 0. The molecule has 2 saturated heterocycles. The molecule has 0 saturated carbocycles. The van der Waals surface area contributed by atoms with E-state index in [9.17, 15) is 0 Å². The molecule has 7 nitrogen and oxygen atoms in total. The molecule has 4 heterocycles. The lowest BCUT2D eigenvalue weighted by atomic mass is 10.1. The summed E-state index contributed by atoms with van der Waals surface area (Å²) in [5.74, 6) is 3.35. The predicted molar refractivity (Wildman–Crippen MR) is 106 cm³/mol. The Hall–Kier alpha value is -2.15. The van der Waals surface area contributed by atoms with Crippen LogP contribution in [0.1, 0.15) is 49.8 Å². The van der Waals surface area contributed by atoms with Crippen molar-refractivity contribution >= 4 is 11.8 Å². The van der Waals surface area contributed by atoms with Crippen LogP contribution < -0.4 is 9.80 Å². The van der Waals surface area contributed by atoms with E-state index < -0.39 is 0 Å². The smallest absolute Gasteiger partial charge is 0.227 e. The zero-order chi connectivity index (χ0) is 18.8. The Bertz CT molecular complexity index is 760. The van der Waals surface area contributed by atoms with Gasteiger partial charge in [0.15, 0.2) is 6.39 Å². The highest BCUT2D eigenvalue weighted by Gasteiger charge is 2.23. The van der Waals surface area contributed by atoms with Gasteiger partial charge in [0.05, 0.1) is 5.69 Å². The second kappa shape index (κ2) is 7.84. The number of aryl methyl sites for hydroxylation is 1. The third-order valence-electron chi connectivity index (χ3n) is 5.48. The molecule has 2 aliphatic rings. The fraction of sp³-hybridized carbons (Fsp3) is 0.650. The van der Waals surface area contributed by atoms with Crippen LogP contribution in [0.3, 0.4) is 0 Å². The largest absolute Gasteiger partial charge is 0.448 e. The maximum atomic E-state index is 5.56. The Kier molecular flexibility index (Phi) is 5.29. The Morgan fingerprint density at radius 2 is 1.74 bits per heavy atom. The fourth-order valence-corrected chi connectivity index (χ4v) is 3.97. The molecule has 2 fully saturated rings. The topological polar surface area (TPSA) is 61.5 Å². The number of piperazine rings is 1. The molecule has 2 aromatic rings. The Labute approximate surface area is 161 Å². The van der Waals surface area contributed by atoms with E-state index in [2.05, 4.69) is 51.5 Å². The van der Waals surface area contributed by atoms with Crippen LogP contribution in [0.2, 0.25) is 0 Å². The highest BCUT2D eigenvalue weighted by Crippen LogP contribution is 2.23. The van der Waals surface area contributed by atoms with E-state index in [1.165, 1.54) is 12.8 Å². The van der Waals surface area contributed by atoms with Crippen molar-refractivity contribution in [3.8, 4) is 0 Å². The van der Waals surface area contributed by atoms with Gasteiger partial charge in [0.1, 0.15) is 11.6 Å². The molecule has 0 bridgehead atoms. The van der Waals surface area contributed by atoms with Crippen molar-refractivity contribution in [2.75, 3.05) is 49.1 Å². The molecule has 0 aliphatic carbocycles. The quantitative estimate of drug-likeness (QED) is 0.802. The molecule has 0 atom stereocenters. The molecule has 0 aromatic carbocycles. The number of aromatic nitrogens is 3. The Balaban J connectivity index is 1.39. The summed E-state index contributed by atoms with van der Waals surface area (Å²) in [7, 11) is 0. The zero-order valence-electron chi connectivity index (χ0n) is 16.7. The standard InChI is InChI=1S/C20H30N6O/c1-15(2)19-17(21-14-27-19)13-24-8-10-25(11-9-24)18-12-16(3)22-20(23-18)26-6-4-5-7-26/h12,14-15H,4-11,13H2,1-3H3.